The average Bonchev–Trinajstić information content (AvgIpc) is 2.45. The van der Waals surface area contributed by atoms with Crippen LogP contribution >= 0.6 is 0 Å². The van der Waals surface area contributed by atoms with Gasteiger partial charge in [0.1, 0.15) is 0 Å². The standard InChI is InChI=1S/C16H20N2O/c1-12(11-17)18(2)16(19)10-13-7-8-14-5-3-4-6-15(14)9-13/h3-9,12H,10-11,17H2,1-2H3. The Hall–Kier alpha value is -1.87. The molecule has 0 aliphatic rings. The van der Waals surface area contributed by atoms with Gasteiger partial charge in [0.25, 0.3) is 0 Å². The smallest absolute Gasteiger partial charge is 0.227 e. The first kappa shape index (κ1) is 13.6. The van der Waals surface area contributed by atoms with Crippen LogP contribution in [-0.2, 0) is 11.2 Å². The lowest BCUT2D eigenvalue weighted by Crippen LogP contribution is -2.40. The van der Waals surface area contributed by atoms with Crippen molar-refractivity contribution in [3.63, 3.8) is 0 Å². The van der Waals surface area contributed by atoms with Gasteiger partial charge in [-0.1, -0.05) is 42.5 Å². The monoisotopic (exact) mass is 256 g/mol. The predicted octanol–water partition coefficient (Wildman–Crippen LogP) is 2.19. The van der Waals surface area contributed by atoms with Gasteiger partial charge in [-0.15, -0.1) is 0 Å². The first-order valence-electron chi connectivity index (χ1n) is 6.55. The lowest BCUT2D eigenvalue weighted by atomic mass is 10.0. The van der Waals surface area contributed by atoms with E-state index < -0.39 is 0 Å². The van der Waals surface area contributed by atoms with Gasteiger partial charge in [0, 0.05) is 19.6 Å². The van der Waals surface area contributed by atoms with E-state index in [0.29, 0.717) is 13.0 Å². The van der Waals surface area contributed by atoms with E-state index in [9.17, 15) is 4.79 Å². The Labute approximate surface area is 114 Å². The minimum Gasteiger partial charge on any atom is -0.341 e. The molecule has 2 aromatic rings. The fourth-order valence-corrected chi connectivity index (χ4v) is 2.05. The van der Waals surface area contributed by atoms with Crippen LogP contribution in [0.4, 0.5) is 0 Å². The Balaban J connectivity index is 2.15. The molecule has 1 unspecified atom stereocenters. The lowest BCUT2D eigenvalue weighted by molar-refractivity contribution is -0.130. The Morgan fingerprint density at radius 1 is 1.21 bits per heavy atom. The van der Waals surface area contributed by atoms with Crippen LogP contribution in [0.15, 0.2) is 42.5 Å². The molecule has 0 saturated heterocycles. The van der Waals surface area contributed by atoms with Crippen LogP contribution in [0.2, 0.25) is 0 Å². The molecule has 3 nitrogen and oxygen atoms in total. The zero-order valence-corrected chi connectivity index (χ0v) is 11.5. The molecule has 0 aliphatic heterocycles. The summed E-state index contributed by atoms with van der Waals surface area (Å²) in [6.07, 6.45) is 0.422. The molecule has 3 heteroatoms. The van der Waals surface area contributed by atoms with Crippen molar-refractivity contribution in [3.8, 4) is 0 Å². The molecule has 0 spiro atoms. The van der Waals surface area contributed by atoms with Crippen LogP contribution in [0.5, 0.6) is 0 Å². The molecule has 0 aromatic heterocycles. The second-order valence-corrected chi connectivity index (χ2v) is 4.95. The third-order valence-electron chi connectivity index (χ3n) is 3.56. The van der Waals surface area contributed by atoms with Crippen molar-refractivity contribution in [2.45, 2.75) is 19.4 Å². The quantitative estimate of drug-likeness (QED) is 0.911. The summed E-state index contributed by atoms with van der Waals surface area (Å²) in [6, 6.07) is 14.4. The SMILES string of the molecule is CC(CN)N(C)C(=O)Cc1ccc2ccccc2c1. The Morgan fingerprint density at radius 3 is 2.58 bits per heavy atom. The predicted molar refractivity (Wildman–Crippen MR) is 78.9 cm³/mol. The van der Waals surface area contributed by atoms with Gasteiger partial charge in [-0.3, -0.25) is 4.79 Å². The van der Waals surface area contributed by atoms with E-state index in [-0.39, 0.29) is 11.9 Å². The Kier molecular flexibility index (Phi) is 4.17. The van der Waals surface area contributed by atoms with Gasteiger partial charge in [-0.05, 0) is 23.3 Å². The third-order valence-corrected chi connectivity index (χ3v) is 3.56. The highest BCUT2D eigenvalue weighted by atomic mass is 16.2. The number of rotatable bonds is 4. The van der Waals surface area contributed by atoms with Crippen molar-refractivity contribution in [2.75, 3.05) is 13.6 Å². The zero-order chi connectivity index (χ0) is 13.8. The molecule has 2 aromatic carbocycles. The number of hydrogen-bond donors (Lipinski definition) is 1. The van der Waals surface area contributed by atoms with E-state index in [2.05, 4.69) is 24.3 Å². The van der Waals surface area contributed by atoms with Crippen molar-refractivity contribution >= 4 is 16.7 Å². The summed E-state index contributed by atoms with van der Waals surface area (Å²) in [5.74, 6) is 0.105. The molecule has 1 atom stereocenters. The van der Waals surface area contributed by atoms with Crippen LogP contribution in [0.1, 0.15) is 12.5 Å². The maximum atomic E-state index is 12.1. The average molecular weight is 256 g/mol. The van der Waals surface area contributed by atoms with Gasteiger partial charge in [-0.2, -0.15) is 0 Å². The molecular formula is C16H20N2O. The van der Waals surface area contributed by atoms with Gasteiger partial charge in [0.05, 0.1) is 6.42 Å². The first-order valence-corrected chi connectivity index (χ1v) is 6.55. The highest BCUT2D eigenvalue weighted by Gasteiger charge is 2.14. The van der Waals surface area contributed by atoms with Crippen LogP contribution in [-0.4, -0.2) is 30.4 Å². The van der Waals surface area contributed by atoms with E-state index in [1.807, 2.05) is 25.1 Å². The maximum absolute atomic E-state index is 12.1. The molecule has 0 aliphatic carbocycles. The molecule has 1 amide bonds. The minimum atomic E-state index is 0.0768. The lowest BCUT2D eigenvalue weighted by Gasteiger charge is -2.23. The molecule has 0 fully saturated rings. The van der Waals surface area contributed by atoms with Gasteiger partial charge in [0.15, 0.2) is 0 Å². The number of nitrogens with two attached hydrogens (primary N) is 1. The number of nitrogens with zero attached hydrogens (tertiary/aromatic N) is 1. The van der Waals surface area contributed by atoms with E-state index in [1.54, 1.807) is 11.9 Å². The van der Waals surface area contributed by atoms with Crippen LogP contribution in [0.25, 0.3) is 10.8 Å². The number of carbonyl (C=O) groups excluding carboxylic acids is 1. The normalized spacial score (nSPS) is 12.4. The molecule has 0 heterocycles. The van der Waals surface area contributed by atoms with Crippen LogP contribution in [0.3, 0.4) is 0 Å². The van der Waals surface area contributed by atoms with Crippen molar-refractivity contribution in [1.82, 2.24) is 4.90 Å². The topological polar surface area (TPSA) is 46.3 Å². The first-order chi connectivity index (χ1) is 9.11. The highest BCUT2D eigenvalue weighted by Crippen LogP contribution is 2.16. The summed E-state index contributed by atoms with van der Waals surface area (Å²) in [4.78, 5) is 13.8. The number of carbonyl (C=O) groups is 1. The second kappa shape index (κ2) is 5.85. The second-order valence-electron chi connectivity index (χ2n) is 4.95. The highest BCUT2D eigenvalue weighted by molar-refractivity contribution is 5.85. The summed E-state index contributed by atoms with van der Waals surface area (Å²) in [7, 11) is 1.81. The van der Waals surface area contributed by atoms with Crippen molar-refractivity contribution < 1.29 is 4.79 Å². The van der Waals surface area contributed by atoms with Gasteiger partial charge in [-0.25, -0.2) is 0 Å². The van der Waals surface area contributed by atoms with Gasteiger partial charge < -0.3 is 10.6 Å². The third kappa shape index (κ3) is 3.12. The van der Waals surface area contributed by atoms with Crippen molar-refractivity contribution in [1.29, 1.82) is 0 Å². The summed E-state index contributed by atoms with van der Waals surface area (Å²) in [5, 5.41) is 2.37. The van der Waals surface area contributed by atoms with Gasteiger partial charge >= 0.3 is 0 Å². The summed E-state index contributed by atoms with van der Waals surface area (Å²) >= 11 is 0. The maximum Gasteiger partial charge on any atom is 0.227 e. The molecule has 2 N–H and O–H groups in total. The molecular weight excluding hydrogens is 236 g/mol. The van der Waals surface area contributed by atoms with Crippen molar-refractivity contribution in [3.05, 3.63) is 48.0 Å². The fourth-order valence-electron chi connectivity index (χ4n) is 2.05. The molecule has 19 heavy (non-hydrogen) atoms. The summed E-state index contributed by atoms with van der Waals surface area (Å²) in [6.45, 7) is 2.44. The molecule has 2 rings (SSSR count). The van der Waals surface area contributed by atoms with E-state index in [1.165, 1.54) is 10.8 Å². The number of hydrogen-bond acceptors (Lipinski definition) is 2. The van der Waals surface area contributed by atoms with Crippen LogP contribution in [0, 0.1) is 0 Å². The number of benzene rings is 2. The molecule has 0 saturated carbocycles. The summed E-state index contributed by atoms with van der Waals surface area (Å²) < 4.78 is 0. The van der Waals surface area contributed by atoms with Gasteiger partial charge in [0.2, 0.25) is 5.91 Å². The molecule has 100 valence electrons. The Morgan fingerprint density at radius 2 is 1.89 bits per heavy atom. The van der Waals surface area contributed by atoms with Crippen LogP contribution < -0.4 is 5.73 Å². The Bertz CT molecular complexity index is 580. The molecule has 0 bridgehead atoms. The van der Waals surface area contributed by atoms with E-state index in [0.717, 1.165) is 5.56 Å². The molecule has 0 radical (unpaired) electrons. The number of fused-ring (bicyclic) bond motifs is 1. The van der Waals surface area contributed by atoms with E-state index >= 15 is 0 Å². The fraction of sp³-hybridized carbons (Fsp3) is 0.312. The number of likely N-dealkylation sites (N-methyl/N-ethyl adjacent to an activating group) is 1. The largest absolute Gasteiger partial charge is 0.341 e. The van der Waals surface area contributed by atoms with Crippen molar-refractivity contribution in [2.24, 2.45) is 5.73 Å². The number of amides is 1. The zero-order valence-electron chi connectivity index (χ0n) is 11.5. The van der Waals surface area contributed by atoms with E-state index in [4.69, 9.17) is 5.73 Å². The minimum absolute atomic E-state index is 0.0768. The summed E-state index contributed by atoms with van der Waals surface area (Å²) in [5.41, 5.74) is 6.63.